The summed E-state index contributed by atoms with van der Waals surface area (Å²) in [5.41, 5.74) is 10.6. The van der Waals surface area contributed by atoms with Crippen LogP contribution >= 0.6 is 0 Å². The minimum Gasteiger partial charge on any atom is -0.481 e. The zero-order valence-electron chi connectivity index (χ0n) is 11.6. The highest BCUT2D eigenvalue weighted by Crippen LogP contribution is 2.28. The summed E-state index contributed by atoms with van der Waals surface area (Å²) >= 11 is 0. The molecule has 1 heterocycles. The molecule has 2 unspecified atom stereocenters. The third-order valence-corrected chi connectivity index (χ3v) is 3.76. The van der Waals surface area contributed by atoms with Crippen molar-refractivity contribution in [2.75, 3.05) is 13.1 Å². The summed E-state index contributed by atoms with van der Waals surface area (Å²) < 4.78 is 0. The van der Waals surface area contributed by atoms with E-state index in [2.05, 4.69) is 0 Å². The number of nitrogens with zero attached hydrogens (tertiary/aromatic N) is 1. The fraction of sp³-hybridized carbons (Fsp3) is 0.818. The van der Waals surface area contributed by atoms with E-state index in [0.717, 1.165) is 0 Å². The fourth-order valence-corrected chi connectivity index (χ4v) is 2.54. The number of aliphatic hydroxyl groups is 1. The third kappa shape index (κ3) is 4.93. The predicted molar refractivity (Wildman–Crippen MR) is 73.6 cm³/mol. The maximum absolute atomic E-state index is 12.0. The highest BCUT2D eigenvalue weighted by atomic mass is 16.4. The molecule has 1 aliphatic rings. The lowest BCUT2D eigenvalue weighted by Crippen LogP contribution is -2.52. The maximum Gasteiger partial charge on any atom is 0.451 e. The minimum atomic E-state index is -1.50. The number of carbonyl (C=O) groups excluding carboxylic acids is 1. The Bertz CT molecular complexity index is 381. The molecule has 1 amide bonds. The number of nitrogens with two attached hydrogens (primary N) is 2. The molecule has 0 spiro atoms. The van der Waals surface area contributed by atoms with E-state index in [0.29, 0.717) is 12.8 Å². The molecule has 1 rings (SSSR count). The van der Waals surface area contributed by atoms with Crippen molar-refractivity contribution in [3.63, 3.8) is 0 Å². The molecular formula is C11H22BN3O6. The Balaban J connectivity index is 2.64. The summed E-state index contributed by atoms with van der Waals surface area (Å²) in [5, 5.41) is 35.9. The Morgan fingerprint density at radius 2 is 1.90 bits per heavy atom. The van der Waals surface area contributed by atoms with E-state index in [-0.39, 0.29) is 25.3 Å². The topological polar surface area (TPSA) is 170 Å². The van der Waals surface area contributed by atoms with Crippen LogP contribution in [0.1, 0.15) is 12.8 Å². The molecule has 21 heavy (non-hydrogen) atoms. The molecule has 0 aromatic rings. The summed E-state index contributed by atoms with van der Waals surface area (Å²) in [6.07, 6.45) is -0.444. The molecule has 0 saturated carbocycles. The number of carboxylic acids is 1. The molecule has 1 saturated heterocycles. The normalized spacial score (nSPS) is 24.7. The quantitative estimate of drug-likeness (QED) is 0.213. The van der Waals surface area contributed by atoms with E-state index in [1.165, 1.54) is 4.90 Å². The number of hydrogen-bond donors (Lipinski definition) is 6. The molecule has 4 atom stereocenters. The first-order valence-corrected chi connectivity index (χ1v) is 6.81. The summed E-state index contributed by atoms with van der Waals surface area (Å²) in [4.78, 5) is 24.5. The third-order valence-electron chi connectivity index (χ3n) is 3.76. The number of hydrogen-bond acceptors (Lipinski definition) is 7. The van der Waals surface area contributed by atoms with Crippen LogP contribution in [-0.2, 0) is 9.59 Å². The van der Waals surface area contributed by atoms with Gasteiger partial charge in [0, 0.05) is 13.1 Å². The van der Waals surface area contributed by atoms with Crippen LogP contribution in [0.3, 0.4) is 0 Å². The van der Waals surface area contributed by atoms with E-state index in [4.69, 9.17) is 26.6 Å². The second-order valence-electron chi connectivity index (χ2n) is 5.38. The number of likely N-dealkylation sites (tertiary alicyclic amines) is 1. The van der Waals surface area contributed by atoms with Gasteiger partial charge in [0.25, 0.3) is 0 Å². The van der Waals surface area contributed by atoms with E-state index in [1.807, 2.05) is 0 Å². The van der Waals surface area contributed by atoms with Crippen LogP contribution < -0.4 is 11.5 Å². The number of carboxylic acid groups (broad SMARTS) is 1. The SMILES string of the molecule is N[C@H](O)[C@H](N)C(=O)N1CC(CCCB(O)O)C(C(=O)O)C1. The molecule has 1 aliphatic heterocycles. The Kier molecular flexibility index (Phi) is 6.56. The summed E-state index contributed by atoms with van der Waals surface area (Å²) in [6, 6.07) is -1.28. The standard InChI is InChI=1S/C11H22BN3O6/c13-8(9(14)16)10(17)15-4-6(2-1-3-12(20)21)7(5-15)11(18)19/h6-9,16,20-21H,1-5,13-14H2,(H,18,19)/t6?,7?,8-,9+/m0/s1. The van der Waals surface area contributed by atoms with Gasteiger partial charge in [0.05, 0.1) is 5.92 Å². The van der Waals surface area contributed by atoms with E-state index in [9.17, 15) is 14.7 Å². The smallest absolute Gasteiger partial charge is 0.451 e. The van der Waals surface area contributed by atoms with Crippen LogP contribution in [-0.4, -0.2) is 69.5 Å². The molecule has 1 fully saturated rings. The first-order chi connectivity index (χ1) is 9.73. The predicted octanol–water partition coefficient (Wildman–Crippen LogP) is -3.00. The number of aliphatic hydroxyl groups excluding tert-OH is 1. The van der Waals surface area contributed by atoms with Gasteiger partial charge in [0.2, 0.25) is 5.91 Å². The Hall–Kier alpha value is -1.20. The Morgan fingerprint density at radius 3 is 2.38 bits per heavy atom. The summed E-state index contributed by atoms with van der Waals surface area (Å²) in [5.74, 6) is -2.61. The Labute approximate surface area is 122 Å². The zero-order chi connectivity index (χ0) is 16.2. The van der Waals surface area contributed by atoms with Crippen molar-refractivity contribution in [3.8, 4) is 0 Å². The van der Waals surface area contributed by atoms with Gasteiger partial charge in [0.1, 0.15) is 12.3 Å². The lowest BCUT2D eigenvalue weighted by Gasteiger charge is -2.22. The molecule has 0 aromatic heterocycles. The van der Waals surface area contributed by atoms with Gasteiger partial charge in [-0.05, 0) is 18.7 Å². The maximum atomic E-state index is 12.0. The van der Waals surface area contributed by atoms with E-state index < -0.39 is 37.2 Å². The lowest BCUT2D eigenvalue weighted by atomic mass is 9.80. The van der Waals surface area contributed by atoms with Crippen molar-refractivity contribution in [2.24, 2.45) is 23.3 Å². The second-order valence-corrected chi connectivity index (χ2v) is 5.38. The highest BCUT2D eigenvalue weighted by molar-refractivity contribution is 6.40. The first-order valence-electron chi connectivity index (χ1n) is 6.81. The van der Waals surface area contributed by atoms with Gasteiger partial charge in [-0.25, -0.2) is 0 Å². The van der Waals surface area contributed by atoms with Crippen molar-refractivity contribution in [3.05, 3.63) is 0 Å². The van der Waals surface area contributed by atoms with Crippen molar-refractivity contribution in [1.82, 2.24) is 4.90 Å². The van der Waals surface area contributed by atoms with Crippen molar-refractivity contribution in [2.45, 2.75) is 31.4 Å². The van der Waals surface area contributed by atoms with E-state index in [1.54, 1.807) is 0 Å². The molecule has 9 nitrogen and oxygen atoms in total. The molecule has 0 radical (unpaired) electrons. The highest BCUT2D eigenvalue weighted by Gasteiger charge is 2.41. The molecule has 0 aromatic carbocycles. The summed E-state index contributed by atoms with van der Waals surface area (Å²) in [6.45, 7) is 0.221. The number of carbonyl (C=O) groups is 2. The van der Waals surface area contributed by atoms with Gasteiger partial charge in [0.15, 0.2) is 0 Å². The van der Waals surface area contributed by atoms with E-state index >= 15 is 0 Å². The van der Waals surface area contributed by atoms with Crippen LogP contribution in [0.15, 0.2) is 0 Å². The van der Waals surface area contributed by atoms with Crippen LogP contribution in [0.25, 0.3) is 0 Å². The van der Waals surface area contributed by atoms with Gasteiger partial charge in [-0.2, -0.15) is 0 Å². The van der Waals surface area contributed by atoms with Crippen LogP contribution in [0.5, 0.6) is 0 Å². The Morgan fingerprint density at radius 1 is 1.29 bits per heavy atom. The van der Waals surface area contributed by atoms with Crippen molar-refractivity contribution >= 4 is 19.0 Å². The average molecular weight is 303 g/mol. The average Bonchev–Trinajstić information content (AvgIpc) is 2.80. The zero-order valence-corrected chi connectivity index (χ0v) is 11.6. The lowest BCUT2D eigenvalue weighted by molar-refractivity contribution is -0.142. The number of rotatable bonds is 7. The molecule has 120 valence electrons. The van der Waals surface area contributed by atoms with Gasteiger partial charge in [-0.1, -0.05) is 6.42 Å². The van der Waals surface area contributed by atoms with Crippen LogP contribution in [0.4, 0.5) is 0 Å². The van der Waals surface area contributed by atoms with Gasteiger partial charge in [-0.3, -0.25) is 9.59 Å². The monoisotopic (exact) mass is 303 g/mol. The van der Waals surface area contributed by atoms with Crippen molar-refractivity contribution in [1.29, 1.82) is 0 Å². The van der Waals surface area contributed by atoms with Crippen LogP contribution in [0, 0.1) is 11.8 Å². The van der Waals surface area contributed by atoms with Gasteiger partial charge >= 0.3 is 13.1 Å². The minimum absolute atomic E-state index is 0.0148. The molecule has 0 bridgehead atoms. The molecule has 0 aliphatic carbocycles. The number of amides is 1. The summed E-state index contributed by atoms with van der Waals surface area (Å²) in [7, 11) is -1.42. The second kappa shape index (κ2) is 7.71. The fourth-order valence-electron chi connectivity index (χ4n) is 2.54. The first kappa shape index (κ1) is 17.9. The number of aliphatic carboxylic acids is 1. The molecule has 8 N–H and O–H groups in total. The van der Waals surface area contributed by atoms with Gasteiger partial charge in [-0.15, -0.1) is 0 Å². The van der Waals surface area contributed by atoms with Crippen molar-refractivity contribution < 1.29 is 29.9 Å². The molecule has 10 heteroatoms. The van der Waals surface area contributed by atoms with Gasteiger partial charge < -0.3 is 36.6 Å². The van der Waals surface area contributed by atoms with Crippen LogP contribution in [0.2, 0.25) is 6.32 Å². The molecular weight excluding hydrogens is 281 g/mol. The largest absolute Gasteiger partial charge is 0.481 e.